The number of nitrogens with one attached hydrogen (secondary N) is 2. The van der Waals surface area contributed by atoms with Gasteiger partial charge < -0.3 is 20.5 Å². The van der Waals surface area contributed by atoms with Crippen LogP contribution in [0.5, 0.6) is 5.75 Å². The molecule has 8 nitrogen and oxygen atoms in total. The number of ether oxygens (including phenoxy) is 1. The first kappa shape index (κ1) is 19.4. The summed E-state index contributed by atoms with van der Waals surface area (Å²) in [7, 11) is 1.68. The highest BCUT2D eigenvalue weighted by molar-refractivity contribution is 5.95. The maximum Gasteiger partial charge on any atom is 0.298 e. The lowest BCUT2D eigenvalue weighted by molar-refractivity contribution is 0.0942. The van der Waals surface area contributed by atoms with Gasteiger partial charge in [0.25, 0.3) is 11.5 Å². The van der Waals surface area contributed by atoms with Gasteiger partial charge in [-0.15, -0.1) is 0 Å². The molecular weight excluding hydrogens is 343 g/mol. The number of anilines is 1. The van der Waals surface area contributed by atoms with Crippen molar-refractivity contribution in [2.24, 2.45) is 0 Å². The summed E-state index contributed by atoms with van der Waals surface area (Å²) in [6.45, 7) is 3.82. The molecule has 2 aromatic rings. The third-order valence-electron chi connectivity index (χ3n) is 3.63. The second-order valence-electron chi connectivity index (χ2n) is 5.40. The first-order valence-electron chi connectivity index (χ1n) is 8.07. The van der Waals surface area contributed by atoms with Crippen LogP contribution in [0.1, 0.15) is 23.0 Å². The molecule has 26 heavy (non-hydrogen) atoms. The van der Waals surface area contributed by atoms with Crippen molar-refractivity contribution in [1.82, 2.24) is 14.9 Å². The van der Waals surface area contributed by atoms with Gasteiger partial charge in [0.1, 0.15) is 5.82 Å². The Bertz CT molecular complexity index is 819. The molecule has 0 saturated carbocycles. The van der Waals surface area contributed by atoms with Crippen LogP contribution in [0.4, 0.5) is 10.3 Å². The minimum Gasteiger partial charge on any atom is -0.501 e. The number of aromatic hydroxyl groups is 1. The number of aromatic nitrogens is 2. The van der Waals surface area contributed by atoms with Gasteiger partial charge in [0.2, 0.25) is 11.7 Å². The molecule has 1 aromatic heterocycles. The summed E-state index contributed by atoms with van der Waals surface area (Å²) in [6.07, 6.45) is 0. The van der Waals surface area contributed by atoms with Crippen LogP contribution in [0, 0.1) is 5.82 Å². The zero-order chi connectivity index (χ0) is 19.1. The number of hydrogen-bond acceptors (Lipinski definition) is 6. The van der Waals surface area contributed by atoms with Crippen molar-refractivity contribution >= 4 is 11.9 Å². The average Bonchev–Trinajstić information content (AvgIpc) is 3.13. The first-order chi connectivity index (χ1) is 12.5. The molecule has 0 fully saturated rings. The fourth-order valence-electron chi connectivity index (χ4n) is 2.19. The molecule has 0 atom stereocenters. The fraction of sp³-hybridized carbons (Fsp3) is 0.353. The highest BCUT2D eigenvalue weighted by atomic mass is 19.1. The van der Waals surface area contributed by atoms with E-state index in [2.05, 4.69) is 20.4 Å². The Kier molecular flexibility index (Phi) is 6.67. The van der Waals surface area contributed by atoms with Gasteiger partial charge in [-0.05, 0) is 24.6 Å². The van der Waals surface area contributed by atoms with Crippen LogP contribution in [0.3, 0.4) is 0 Å². The summed E-state index contributed by atoms with van der Waals surface area (Å²) in [6, 6.07) is 5.62. The Morgan fingerprint density at radius 3 is 2.69 bits per heavy atom. The zero-order valence-corrected chi connectivity index (χ0v) is 14.6. The highest BCUT2D eigenvalue weighted by Gasteiger charge is 2.23. The lowest BCUT2D eigenvalue weighted by atomic mass is 10.2. The third-order valence-corrected chi connectivity index (χ3v) is 3.63. The van der Waals surface area contributed by atoms with Crippen molar-refractivity contribution in [3.8, 4) is 5.75 Å². The van der Waals surface area contributed by atoms with Crippen molar-refractivity contribution in [3.05, 3.63) is 51.7 Å². The predicted octanol–water partition coefficient (Wildman–Crippen LogP) is 1.10. The minimum absolute atomic E-state index is 0.131. The maximum atomic E-state index is 12.8. The molecule has 0 saturated heterocycles. The SMILES string of the molecule is CCOC.O=C(NCc1ccc(F)cc1)c1nc2n(c(=O)c1O)CCN2. The smallest absolute Gasteiger partial charge is 0.298 e. The van der Waals surface area contributed by atoms with E-state index in [9.17, 15) is 19.1 Å². The second kappa shape index (κ2) is 8.95. The molecule has 1 aliphatic rings. The summed E-state index contributed by atoms with van der Waals surface area (Å²) in [4.78, 5) is 28.0. The molecule has 1 aliphatic heterocycles. The van der Waals surface area contributed by atoms with E-state index >= 15 is 0 Å². The quantitative estimate of drug-likeness (QED) is 0.750. The van der Waals surface area contributed by atoms with Crippen LogP contribution < -0.4 is 16.2 Å². The number of benzene rings is 1. The molecule has 0 spiro atoms. The molecular formula is C17H21FN4O4. The standard InChI is InChI=1S/C14H13FN4O3.C3H8O/c15-9-3-1-8(2-4-9)7-17-12(21)10-11(20)13(22)19-6-5-16-14(19)18-10;1-3-4-2/h1-4,20H,5-7H2,(H,16,18)(H,17,21);3H2,1-2H3. The highest BCUT2D eigenvalue weighted by Crippen LogP contribution is 2.15. The van der Waals surface area contributed by atoms with E-state index in [1.54, 1.807) is 7.11 Å². The number of carbonyl (C=O) groups is 1. The fourth-order valence-corrected chi connectivity index (χ4v) is 2.19. The van der Waals surface area contributed by atoms with E-state index in [0.717, 1.165) is 6.61 Å². The van der Waals surface area contributed by atoms with Gasteiger partial charge in [0.15, 0.2) is 5.69 Å². The largest absolute Gasteiger partial charge is 0.501 e. The van der Waals surface area contributed by atoms with Gasteiger partial charge in [-0.25, -0.2) is 9.37 Å². The second-order valence-corrected chi connectivity index (χ2v) is 5.40. The molecule has 3 N–H and O–H groups in total. The van der Waals surface area contributed by atoms with E-state index in [1.165, 1.54) is 28.8 Å². The van der Waals surface area contributed by atoms with Crippen LogP contribution in [0.25, 0.3) is 0 Å². The summed E-state index contributed by atoms with van der Waals surface area (Å²) in [5.74, 6) is -1.46. The van der Waals surface area contributed by atoms with Crippen LogP contribution >= 0.6 is 0 Å². The number of halogens is 1. The molecule has 0 aliphatic carbocycles. The predicted molar refractivity (Wildman–Crippen MR) is 93.8 cm³/mol. The molecule has 0 bridgehead atoms. The number of fused-ring (bicyclic) bond motifs is 1. The Morgan fingerprint density at radius 2 is 2.08 bits per heavy atom. The molecule has 3 rings (SSSR count). The van der Waals surface area contributed by atoms with Gasteiger partial charge in [0, 0.05) is 33.4 Å². The van der Waals surface area contributed by atoms with Gasteiger partial charge in [-0.3, -0.25) is 14.2 Å². The van der Waals surface area contributed by atoms with E-state index < -0.39 is 17.2 Å². The van der Waals surface area contributed by atoms with E-state index in [1.807, 2.05) is 6.92 Å². The van der Waals surface area contributed by atoms with Crippen molar-refractivity contribution < 1.29 is 19.0 Å². The average molecular weight is 364 g/mol. The summed E-state index contributed by atoms with van der Waals surface area (Å²) < 4.78 is 18.6. The van der Waals surface area contributed by atoms with E-state index in [4.69, 9.17) is 0 Å². The van der Waals surface area contributed by atoms with Gasteiger partial charge in [0.05, 0.1) is 0 Å². The Hall–Kier alpha value is -2.94. The molecule has 1 aromatic carbocycles. The lowest BCUT2D eigenvalue weighted by Gasteiger charge is -2.08. The van der Waals surface area contributed by atoms with Crippen molar-refractivity contribution in [3.63, 3.8) is 0 Å². The molecule has 2 heterocycles. The first-order valence-corrected chi connectivity index (χ1v) is 8.07. The Balaban J connectivity index is 0.000000552. The number of amides is 1. The van der Waals surface area contributed by atoms with Crippen molar-refractivity contribution in [1.29, 1.82) is 0 Å². The van der Waals surface area contributed by atoms with E-state index in [-0.39, 0.29) is 24.0 Å². The molecule has 140 valence electrons. The third kappa shape index (κ3) is 4.57. The van der Waals surface area contributed by atoms with Gasteiger partial charge in [-0.2, -0.15) is 0 Å². The Morgan fingerprint density at radius 1 is 1.42 bits per heavy atom. The number of nitrogens with zero attached hydrogens (tertiary/aromatic N) is 2. The van der Waals surface area contributed by atoms with Crippen molar-refractivity contribution in [2.45, 2.75) is 20.0 Å². The lowest BCUT2D eigenvalue weighted by Crippen LogP contribution is -2.28. The maximum absolute atomic E-state index is 12.8. The normalized spacial score (nSPS) is 11.8. The number of hydrogen-bond donors (Lipinski definition) is 3. The van der Waals surface area contributed by atoms with Crippen LogP contribution in [-0.4, -0.2) is 40.8 Å². The summed E-state index contributed by atoms with van der Waals surface area (Å²) in [5.41, 5.74) is -0.292. The van der Waals surface area contributed by atoms with Gasteiger partial charge in [-0.1, -0.05) is 12.1 Å². The number of rotatable bonds is 4. The zero-order valence-electron chi connectivity index (χ0n) is 14.6. The van der Waals surface area contributed by atoms with Crippen LogP contribution in [0.15, 0.2) is 29.1 Å². The molecule has 1 amide bonds. The summed E-state index contributed by atoms with van der Waals surface area (Å²) >= 11 is 0. The van der Waals surface area contributed by atoms with Crippen LogP contribution in [-0.2, 0) is 17.8 Å². The molecule has 0 unspecified atom stereocenters. The number of methoxy groups -OCH3 is 1. The monoisotopic (exact) mass is 364 g/mol. The van der Waals surface area contributed by atoms with E-state index in [0.29, 0.717) is 18.7 Å². The molecule has 0 radical (unpaired) electrons. The topological polar surface area (TPSA) is 105 Å². The van der Waals surface area contributed by atoms with Crippen LogP contribution in [0.2, 0.25) is 0 Å². The minimum atomic E-state index is -0.677. The van der Waals surface area contributed by atoms with Gasteiger partial charge >= 0.3 is 0 Å². The summed E-state index contributed by atoms with van der Waals surface area (Å²) in [5, 5.41) is 15.2. The Labute approximate surface area is 149 Å². The van der Waals surface area contributed by atoms with Crippen molar-refractivity contribution in [2.75, 3.05) is 25.6 Å². The molecule has 9 heteroatoms. The number of carbonyl (C=O) groups excluding carboxylic acids is 1.